The van der Waals surface area contributed by atoms with E-state index in [2.05, 4.69) is 10.3 Å². The molecule has 1 aromatic heterocycles. The largest absolute Gasteiger partial charge is 0.346 e. The molecule has 0 saturated carbocycles. The van der Waals surface area contributed by atoms with E-state index in [-0.39, 0.29) is 23.6 Å². The molecule has 0 spiro atoms. The van der Waals surface area contributed by atoms with Crippen LogP contribution in [0.5, 0.6) is 0 Å². The summed E-state index contributed by atoms with van der Waals surface area (Å²) in [7, 11) is 0. The predicted molar refractivity (Wildman–Crippen MR) is 81.4 cm³/mol. The maximum absolute atomic E-state index is 13.7. The molecule has 1 unspecified atom stereocenters. The van der Waals surface area contributed by atoms with Crippen molar-refractivity contribution < 1.29 is 4.39 Å². The van der Waals surface area contributed by atoms with Gasteiger partial charge in [0.05, 0.1) is 6.34 Å². The van der Waals surface area contributed by atoms with Crippen molar-refractivity contribution in [2.45, 2.75) is 19.9 Å². The van der Waals surface area contributed by atoms with Crippen LogP contribution in [0.15, 0.2) is 29.3 Å². The lowest BCUT2D eigenvalue weighted by molar-refractivity contribution is 0.647. The molecule has 0 bridgehead atoms. The van der Waals surface area contributed by atoms with Crippen LogP contribution in [0.4, 0.5) is 10.1 Å². The third kappa shape index (κ3) is 2.26. The second kappa shape index (κ2) is 5.31. The van der Waals surface area contributed by atoms with Crippen LogP contribution >= 0.6 is 23.7 Å². The molecule has 0 amide bonds. The Labute approximate surface area is 121 Å². The average molecular weight is 297 g/mol. The molecule has 100 valence electrons. The molecule has 1 aliphatic rings. The minimum atomic E-state index is -0.103. The van der Waals surface area contributed by atoms with Crippen molar-refractivity contribution in [3.63, 3.8) is 0 Å². The van der Waals surface area contributed by atoms with Gasteiger partial charge in [0.2, 0.25) is 0 Å². The van der Waals surface area contributed by atoms with Crippen molar-refractivity contribution in [2.75, 3.05) is 5.32 Å². The van der Waals surface area contributed by atoms with Gasteiger partial charge in [0.1, 0.15) is 6.04 Å². The summed E-state index contributed by atoms with van der Waals surface area (Å²) >= 11 is 1.20. The summed E-state index contributed by atoms with van der Waals surface area (Å²) in [5.41, 5.74) is 3.89. The van der Waals surface area contributed by atoms with E-state index in [1.807, 2.05) is 38.1 Å². The first-order chi connectivity index (χ1) is 8.68. The molecule has 2 heterocycles. The number of nitrogens with one attached hydrogen (secondary N) is 1. The van der Waals surface area contributed by atoms with E-state index in [0.29, 0.717) is 0 Å². The average Bonchev–Trinajstić information content (AvgIpc) is 2.66. The Kier molecular flexibility index (Phi) is 3.92. The fourth-order valence-electron chi connectivity index (χ4n) is 2.18. The second-order valence-electron chi connectivity index (χ2n) is 4.40. The van der Waals surface area contributed by atoms with Gasteiger partial charge in [-0.1, -0.05) is 18.2 Å². The third-order valence-corrected chi connectivity index (χ3v) is 4.61. The summed E-state index contributed by atoms with van der Waals surface area (Å²) in [6.07, 6.45) is 1.69. The van der Waals surface area contributed by atoms with E-state index in [1.165, 1.54) is 11.3 Å². The van der Waals surface area contributed by atoms with Crippen LogP contribution < -0.4 is 5.32 Å². The van der Waals surface area contributed by atoms with Gasteiger partial charge in [0, 0.05) is 16.1 Å². The lowest BCUT2D eigenvalue weighted by Crippen LogP contribution is -2.10. The zero-order valence-corrected chi connectivity index (χ0v) is 12.2. The predicted octanol–water partition coefficient (Wildman–Crippen LogP) is 4.47. The van der Waals surface area contributed by atoms with Gasteiger partial charge in [-0.15, -0.1) is 23.7 Å². The van der Waals surface area contributed by atoms with Gasteiger partial charge in [-0.2, -0.15) is 4.39 Å². The highest BCUT2D eigenvalue weighted by molar-refractivity contribution is 7.10. The number of fused-ring (bicyclic) bond motifs is 1. The van der Waals surface area contributed by atoms with Crippen LogP contribution in [0.25, 0.3) is 0 Å². The number of hydrogen-bond acceptors (Lipinski definition) is 3. The van der Waals surface area contributed by atoms with Crippen LogP contribution in [0, 0.1) is 19.0 Å². The monoisotopic (exact) mass is 296 g/mol. The zero-order valence-electron chi connectivity index (χ0n) is 10.6. The van der Waals surface area contributed by atoms with Gasteiger partial charge in [-0.3, -0.25) is 4.99 Å². The maximum atomic E-state index is 13.7. The van der Waals surface area contributed by atoms with Crippen molar-refractivity contribution in [1.82, 2.24) is 0 Å². The van der Waals surface area contributed by atoms with Gasteiger partial charge >= 0.3 is 0 Å². The minimum Gasteiger partial charge on any atom is -0.346 e. The highest BCUT2D eigenvalue weighted by atomic mass is 35.5. The second-order valence-corrected chi connectivity index (χ2v) is 5.40. The maximum Gasteiger partial charge on any atom is 0.179 e. The topological polar surface area (TPSA) is 24.4 Å². The Morgan fingerprint density at radius 2 is 1.95 bits per heavy atom. The third-order valence-electron chi connectivity index (χ3n) is 3.37. The smallest absolute Gasteiger partial charge is 0.179 e. The van der Waals surface area contributed by atoms with Crippen molar-refractivity contribution >= 4 is 35.8 Å². The van der Waals surface area contributed by atoms with Crippen molar-refractivity contribution in [1.29, 1.82) is 0 Å². The summed E-state index contributed by atoms with van der Waals surface area (Å²) in [6.45, 7) is 3.78. The Morgan fingerprint density at radius 3 is 2.63 bits per heavy atom. The molecule has 0 radical (unpaired) electrons. The zero-order chi connectivity index (χ0) is 12.7. The normalized spacial score (nSPS) is 16.5. The summed E-state index contributed by atoms with van der Waals surface area (Å²) in [6, 6.07) is 7.93. The van der Waals surface area contributed by atoms with E-state index in [9.17, 15) is 4.39 Å². The van der Waals surface area contributed by atoms with Gasteiger partial charge in [0.15, 0.2) is 5.13 Å². The molecule has 0 fully saturated rings. The first kappa shape index (κ1) is 14.0. The first-order valence-corrected chi connectivity index (χ1v) is 6.62. The molecule has 3 rings (SSSR count). The quantitative estimate of drug-likeness (QED) is 0.825. The number of hydrogen-bond donors (Lipinski definition) is 1. The molecule has 1 N–H and O–H groups in total. The van der Waals surface area contributed by atoms with Gasteiger partial charge in [-0.05, 0) is 31.0 Å². The lowest BCUT2D eigenvalue weighted by Gasteiger charge is -2.20. The number of anilines is 1. The van der Waals surface area contributed by atoms with Crippen molar-refractivity contribution in [3.8, 4) is 0 Å². The van der Waals surface area contributed by atoms with E-state index < -0.39 is 0 Å². The number of nitrogens with zero attached hydrogens (tertiary/aromatic N) is 1. The van der Waals surface area contributed by atoms with E-state index in [1.54, 1.807) is 6.34 Å². The van der Waals surface area contributed by atoms with Crippen LogP contribution in [-0.4, -0.2) is 6.34 Å². The molecular formula is C14H14ClFN2S. The Balaban J connectivity index is 0.00000133. The number of thiophene rings is 1. The standard InChI is InChI=1S/C14H13FN2S.ClH/c1-8-9(2)14(15)18-13(8)12-10-5-3-4-6-11(10)16-7-17-12;/h3-7,12H,1-2H3,(H,16,17);1H. The summed E-state index contributed by atoms with van der Waals surface area (Å²) < 4.78 is 13.7. The molecule has 2 nitrogen and oxygen atoms in total. The molecule has 0 saturated heterocycles. The molecule has 2 aromatic rings. The fraction of sp³-hybridized carbons (Fsp3) is 0.214. The summed E-state index contributed by atoms with van der Waals surface area (Å²) in [5, 5.41) is 3.02. The van der Waals surface area contributed by atoms with Crippen LogP contribution in [-0.2, 0) is 0 Å². The Morgan fingerprint density at radius 1 is 1.21 bits per heavy atom. The molecule has 1 aliphatic heterocycles. The molecule has 5 heteroatoms. The van der Waals surface area contributed by atoms with Crippen molar-refractivity contribution in [3.05, 3.63) is 51.0 Å². The minimum absolute atomic E-state index is 0. The lowest BCUT2D eigenvalue weighted by atomic mass is 9.99. The highest BCUT2D eigenvalue weighted by Crippen LogP contribution is 2.40. The number of halogens is 2. The van der Waals surface area contributed by atoms with Crippen molar-refractivity contribution in [2.24, 2.45) is 4.99 Å². The number of benzene rings is 1. The first-order valence-electron chi connectivity index (χ1n) is 5.81. The van der Waals surface area contributed by atoms with Gasteiger partial charge < -0.3 is 5.32 Å². The fourth-order valence-corrected chi connectivity index (χ4v) is 3.29. The van der Waals surface area contributed by atoms with Gasteiger partial charge in [0.25, 0.3) is 0 Å². The molecule has 1 aromatic carbocycles. The number of aliphatic imine (C=N–C) groups is 1. The molecule has 1 atom stereocenters. The number of para-hydroxylation sites is 1. The summed E-state index contributed by atoms with van der Waals surface area (Å²) in [5.74, 6) is 0. The van der Waals surface area contributed by atoms with E-state index >= 15 is 0 Å². The molecule has 0 aliphatic carbocycles. The summed E-state index contributed by atoms with van der Waals surface area (Å²) in [4.78, 5) is 5.46. The van der Waals surface area contributed by atoms with Crippen LogP contribution in [0.1, 0.15) is 27.6 Å². The SMILES string of the molecule is Cc1c(F)sc(C2N=CNc3ccccc32)c1C.Cl. The molecule has 19 heavy (non-hydrogen) atoms. The van der Waals surface area contributed by atoms with Crippen LogP contribution in [0.3, 0.4) is 0 Å². The Bertz CT molecular complexity index is 636. The van der Waals surface area contributed by atoms with E-state index in [0.717, 1.165) is 27.3 Å². The van der Waals surface area contributed by atoms with Crippen LogP contribution in [0.2, 0.25) is 0 Å². The Hall–Kier alpha value is -1.39. The number of rotatable bonds is 1. The van der Waals surface area contributed by atoms with Gasteiger partial charge in [-0.25, -0.2) is 0 Å². The molecular weight excluding hydrogens is 283 g/mol. The highest BCUT2D eigenvalue weighted by Gasteiger charge is 2.24. The van der Waals surface area contributed by atoms with E-state index in [4.69, 9.17) is 0 Å².